The normalized spacial score (nSPS) is 10.0. The number of carbonyl (C=O) groups excluding carboxylic acids is 1. The predicted octanol–water partition coefficient (Wildman–Crippen LogP) is 2.69. The minimum Gasteiger partial charge on any atom is -0.494 e. The summed E-state index contributed by atoms with van der Waals surface area (Å²) in [5.41, 5.74) is 7.36. The lowest BCUT2D eigenvalue weighted by Gasteiger charge is -2.09. The zero-order chi connectivity index (χ0) is 13.8. The Labute approximate surface area is 118 Å². The third-order valence-corrected chi connectivity index (χ3v) is 3.19. The summed E-state index contributed by atoms with van der Waals surface area (Å²) < 4.78 is 5.82. The maximum Gasteiger partial charge on any atom is 0.259 e. The molecule has 0 aliphatic rings. The van der Waals surface area contributed by atoms with Gasteiger partial charge in [-0.05, 0) is 40.2 Å². The Kier molecular flexibility index (Phi) is 4.01. The van der Waals surface area contributed by atoms with Gasteiger partial charge in [0.2, 0.25) is 0 Å². The molecule has 2 aromatic rings. The third-order valence-electron chi connectivity index (χ3n) is 2.51. The average Bonchev–Trinajstić information content (AvgIpc) is 2.43. The molecule has 0 bridgehead atoms. The molecule has 0 spiro atoms. The molecule has 0 saturated carbocycles. The molecule has 0 saturated heterocycles. The van der Waals surface area contributed by atoms with Crippen molar-refractivity contribution in [3.63, 3.8) is 0 Å². The largest absolute Gasteiger partial charge is 0.494 e. The second-order valence-electron chi connectivity index (χ2n) is 3.77. The van der Waals surface area contributed by atoms with Crippen LogP contribution in [-0.4, -0.2) is 18.0 Å². The number of pyridine rings is 1. The van der Waals surface area contributed by atoms with E-state index in [0.29, 0.717) is 22.7 Å². The summed E-state index contributed by atoms with van der Waals surface area (Å²) in [5, 5.41) is 2.77. The summed E-state index contributed by atoms with van der Waals surface area (Å²) in [4.78, 5) is 16.0. The van der Waals surface area contributed by atoms with Gasteiger partial charge in [-0.3, -0.25) is 9.78 Å². The Morgan fingerprint density at radius 3 is 2.89 bits per heavy atom. The Bertz CT molecular complexity index is 617. The molecule has 0 fully saturated rings. The number of nitrogens with one attached hydrogen (secondary N) is 1. The van der Waals surface area contributed by atoms with Gasteiger partial charge in [0.25, 0.3) is 5.91 Å². The number of carbonyl (C=O) groups is 1. The molecule has 1 heterocycles. The van der Waals surface area contributed by atoms with E-state index in [9.17, 15) is 4.79 Å². The van der Waals surface area contributed by atoms with Gasteiger partial charge in [0.1, 0.15) is 5.75 Å². The van der Waals surface area contributed by atoms with Crippen molar-refractivity contribution in [2.75, 3.05) is 18.2 Å². The van der Waals surface area contributed by atoms with Crippen LogP contribution in [0.2, 0.25) is 0 Å². The monoisotopic (exact) mass is 321 g/mol. The number of benzene rings is 1. The Morgan fingerprint density at radius 2 is 2.21 bits per heavy atom. The van der Waals surface area contributed by atoms with Crippen LogP contribution in [0.1, 0.15) is 10.4 Å². The van der Waals surface area contributed by atoms with E-state index in [1.807, 2.05) is 0 Å². The molecule has 0 aliphatic carbocycles. The minimum atomic E-state index is -0.268. The molecule has 3 N–H and O–H groups in total. The number of nitrogen functional groups attached to an aromatic ring is 1. The molecule has 1 aromatic heterocycles. The first-order valence-electron chi connectivity index (χ1n) is 5.46. The van der Waals surface area contributed by atoms with Crippen molar-refractivity contribution < 1.29 is 9.53 Å². The van der Waals surface area contributed by atoms with Crippen LogP contribution in [0.4, 0.5) is 11.4 Å². The van der Waals surface area contributed by atoms with Gasteiger partial charge in [-0.25, -0.2) is 0 Å². The Morgan fingerprint density at radius 1 is 1.42 bits per heavy atom. The van der Waals surface area contributed by atoms with Crippen LogP contribution < -0.4 is 15.8 Å². The number of halogens is 1. The van der Waals surface area contributed by atoms with Crippen LogP contribution in [0.5, 0.6) is 5.75 Å². The lowest BCUT2D eigenvalue weighted by atomic mass is 10.2. The van der Waals surface area contributed by atoms with Crippen molar-refractivity contribution in [1.29, 1.82) is 0 Å². The fraction of sp³-hybridized carbons (Fsp3) is 0.0769. The zero-order valence-electron chi connectivity index (χ0n) is 10.2. The molecule has 0 radical (unpaired) electrons. The molecule has 1 amide bonds. The average molecular weight is 322 g/mol. The SMILES string of the molecule is COc1cnccc1C(=O)Nc1ccc(N)c(Br)c1. The van der Waals surface area contributed by atoms with Gasteiger partial charge < -0.3 is 15.8 Å². The number of aromatic nitrogens is 1. The summed E-state index contributed by atoms with van der Waals surface area (Å²) in [7, 11) is 1.49. The second kappa shape index (κ2) is 5.71. The highest BCUT2D eigenvalue weighted by atomic mass is 79.9. The van der Waals surface area contributed by atoms with Crippen molar-refractivity contribution in [2.24, 2.45) is 0 Å². The van der Waals surface area contributed by atoms with Crippen LogP contribution in [0.15, 0.2) is 41.1 Å². The van der Waals surface area contributed by atoms with Crippen molar-refractivity contribution in [3.05, 3.63) is 46.7 Å². The topological polar surface area (TPSA) is 77.2 Å². The third kappa shape index (κ3) is 3.03. The lowest BCUT2D eigenvalue weighted by molar-refractivity contribution is 0.102. The number of hydrogen-bond donors (Lipinski definition) is 2. The summed E-state index contributed by atoms with van der Waals surface area (Å²) in [6.45, 7) is 0. The van der Waals surface area contributed by atoms with Crippen LogP contribution in [0.3, 0.4) is 0 Å². The summed E-state index contributed by atoms with van der Waals surface area (Å²) in [5.74, 6) is 0.158. The van der Waals surface area contributed by atoms with Gasteiger partial charge >= 0.3 is 0 Å². The molecule has 1 aromatic carbocycles. The van der Waals surface area contributed by atoms with Crippen LogP contribution >= 0.6 is 15.9 Å². The second-order valence-corrected chi connectivity index (χ2v) is 4.62. The van der Waals surface area contributed by atoms with Gasteiger partial charge in [0.15, 0.2) is 0 Å². The van der Waals surface area contributed by atoms with Gasteiger partial charge in [0.05, 0.1) is 18.9 Å². The number of amides is 1. The Hall–Kier alpha value is -2.08. The van der Waals surface area contributed by atoms with Crippen molar-refractivity contribution in [2.45, 2.75) is 0 Å². The highest BCUT2D eigenvalue weighted by Crippen LogP contribution is 2.24. The number of nitrogens with zero attached hydrogens (tertiary/aromatic N) is 1. The van der Waals surface area contributed by atoms with Crippen molar-refractivity contribution in [1.82, 2.24) is 4.98 Å². The van der Waals surface area contributed by atoms with E-state index >= 15 is 0 Å². The molecule has 0 atom stereocenters. The number of methoxy groups -OCH3 is 1. The van der Waals surface area contributed by atoms with E-state index in [0.717, 1.165) is 4.47 Å². The maximum absolute atomic E-state index is 12.1. The zero-order valence-corrected chi connectivity index (χ0v) is 11.8. The van der Waals surface area contributed by atoms with Gasteiger partial charge in [-0.15, -0.1) is 0 Å². The van der Waals surface area contributed by atoms with E-state index in [-0.39, 0.29) is 5.91 Å². The predicted molar refractivity (Wildman–Crippen MR) is 77.3 cm³/mol. The van der Waals surface area contributed by atoms with E-state index in [1.54, 1.807) is 24.3 Å². The van der Waals surface area contributed by atoms with Gasteiger partial charge in [-0.2, -0.15) is 0 Å². The molecule has 0 unspecified atom stereocenters. The van der Waals surface area contributed by atoms with Crippen molar-refractivity contribution >= 4 is 33.2 Å². The molecule has 19 heavy (non-hydrogen) atoms. The molecule has 2 rings (SSSR count). The number of ether oxygens (including phenoxy) is 1. The van der Waals surface area contributed by atoms with E-state index in [2.05, 4.69) is 26.2 Å². The number of nitrogens with two attached hydrogens (primary N) is 1. The number of hydrogen-bond acceptors (Lipinski definition) is 4. The van der Waals surface area contributed by atoms with E-state index in [4.69, 9.17) is 10.5 Å². The van der Waals surface area contributed by atoms with Crippen LogP contribution in [-0.2, 0) is 0 Å². The maximum atomic E-state index is 12.1. The molecule has 0 aliphatic heterocycles. The van der Waals surface area contributed by atoms with Gasteiger partial charge in [0, 0.05) is 22.0 Å². The van der Waals surface area contributed by atoms with Crippen molar-refractivity contribution in [3.8, 4) is 5.75 Å². The van der Waals surface area contributed by atoms with Crippen LogP contribution in [0.25, 0.3) is 0 Å². The fourth-order valence-corrected chi connectivity index (χ4v) is 1.91. The number of anilines is 2. The molecule has 5 nitrogen and oxygen atoms in total. The minimum absolute atomic E-state index is 0.268. The van der Waals surface area contributed by atoms with E-state index < -0.39 is 0 Å². The summed E-state index contributed by atoms with van der Waals surface area (Å²) in [6, 6.07) is 6.77. The van der Waals surface area contributed by atoms with Gasteiger partial charge in [-0.1, -0.05) is 0 Å². The molecular weight excluding hydrogens is 310 g/mol. The smallest absolute Gasteiger partial charge is 0.259 e. The van der Waals surface area contributed by atoms with E-state index in [1.165, 1.54) is 19.5 Å². The first-order chi connectivity index (χ1) is 9.11. The standard InChI is InChI=1S/C13H12BrN3O2/c1-19-12-7-16-5-4-9(12)13(18)17-8-2-3-11(15)10(14)6-8/h2-7H,15H2,1H3,(H,17,18). The first kappa shape index (κ1) is 13.4. The molecule has 98 valence electrons. The molecule has 6 heteroatoms. The fourth-order valence-electron chi connectivity index (χ4n) is 1.53. The molecular formula is C13H12BrN3O2. The Balaban J connectivity index is 2.23. The summed E-state index contributed by atoms with van der Waals surface area (Å²) in [6.07, 6.45) is 3.03. The van der Waals surface area contributed by atoms with Crippen LogP contribution in [0, 0.1) is 0 Å². The first-order valence-corrected chi connectivity index (χ1v) is 6.25. The quantitative estimate of drug-likeness (QED) is 0.852. The highest BCUT2D eigenvalue weighted by Gasteiger charge is 2.12. The summed E-state index contributed by atoms with van der Waals surface area (Å²) >= 11 is 3.31. The number of rotatable bonds is 3. The lowest BCUT2D eigenvalue weighted by Crippen LogP contribution is -2.13. The highest BCUT2D eigenvalue weighted by molar-refractivity contribution is 9.10.